The van der Waals surface area contributed by atoms with E-state index in [1.807, 2.05) is 35.0 Å². The minimum atomic E-state index is -0.123. The molecule has 3 heterocycles. The van der Waals surface area contributed by atoms with E-state index in [2.05, 4.69) is 16.4 Å². The summed E-state index contributed by atoms with van der Waals surface area (Å²) in [6.45, 7) is 1.46. The van der Waals surface area contributed by atoms with Crippen LogP contribution in [0.3, 0.4) is 0 Å². The molecule has 1 aliphatic heterocycles. The van der Waals surface area contributed by atoms with Crippen LogP contribution in [0, 0.1) is 11.3 Å². The van der Waals surface area contributed by atoms with Gasteiger partial charge in [0.05, 0.1) is 37.0 Å². The summed E-state index contributed by atoms with van der Waals surface area (Å²) in [7, 11) is 0. The summed E-state index contributed by atoms with van der Waals surface area (Å²) in [6.07, 6.45) is 3.81. The van der Waals surface area contributed by atoms with Gasteiger partial charge in [0, 0.05) is 12.4 Å². The number of hydrogen-bond donors (Lipinski definition) is 1. The molecular formula is C19H17N5O2. The molecule has 1 aromatic carbocycles. The van der Waals surface area contributed by atoms with Crippen molar-refractivity contribution in [1.29, 1.82) is 5.26 Å². The van der Waals surface area contributed by atoms with Crippen LogP contribution in [-0.4, -0.2) is 39.5 Å². The van der Waals surface area contributed by atoms with E-state index >= 15 is 0 Å². The second-order valence-corrected chi connectivity index (χ2v) is 6.14. The van der Waals surface area contributed by atoms with Crippen LogP contribution in [0.15, 0.2) is 54.9 Å². The number of nitriles is 1. The van der Waals surface area contributed by atoms with Crippen molar-refractivity contribution >= 4 is 11.7 Å². The minimum Gasteiger partial charge on any atom is -0.487 e. The third-order valence-corrected chi connectivity index (χ3v) is 4.26. The molecule has 130 valence electrons. The molecule has 7 heteroatoms. The van der Waals surface area contributed by atoms with Crippen molar-refractivity contribution < 1.29 is 9.53 Å². The van der Waals surface area contributed by atoms with E-state index in [1.54, 1.807) is 29.2 Å². The molecule has 1 fully saturated rings. The molecule has 26 heavy (non-hydrogen) atoms. The Morgan fingerprint density at radius 1 is 1.27 bits per heavy atom. The topological polar surface area (TPSA) is 82.7 Å². The van der Waals surface area contributed by atoms with Crippen LogP contribution in [0.1, 0.15) is 11.3 Å². The van der Waals surface area contributed by atoms with Crippen molar-refractivity contribution in [1.82, 2.24) is 19.6 Å². The van der Waals surface area contributed by atoms with Gasteiger partial charge in [-0.25, -0.2) is 9.78 Å². The maximum atomic E-state index is 12.2. The number of urea groups is 1. The molecule has 0 aliphatic carbocycles. The average Bonchev–Trinajstić information content (AvgIpc) is 3.06. The van der Waals surface area contributed by atoms with Gasteiger partial charge in [0.15, 0.2) is 0 Å². The molecule has 3 aromatic rings. The minimum absolute atomic E-state index is 0.0242. The number of nitrogens with zero attached hydrogens (tertiary/aromatic N) is 4. The Balaban J connectivity index is 1.24. The molecule has 0 spiro atoms. The highest BCUT2D eigenvalue weighted by atomic mass is 16.5. The Labute approximate surface area is 150 Å². The second-order valence-electron chi connectivity index (χ2n) is 6.14. The maximum absolute atomic E-state index is 12.2. The van der Waals surface area contributed by atoms with Crippen LogP contribution >= 0.6 is 0 Å². The number of pyridine rings is 1. The molecule has 1 saturated heterocycles. The van der Waals surface area contributed by atoms with Crippen LogP contribution in [0.25, 0.3) is 5.65 Å². The van der Waals surface area contributed by atoms with E-state index < -0.39 is 0 Å². The number of benzene rings is 1. The fraction of sp³-hybridized carbons (Fsp3) is 0.211. The average molecular weight is 347 g/mol. The summed E-state index contributed by atoms with van der Waals surface area (Å²) in [5.41, 5.74) is 2.27. The molecular weight excluding hydrogens is 330 g/mol. The van der Waals surface area contributed by atoms with Gasteiger partial charge in [-0.05, 0) is 36.4 Å². The zero-order valence-electron chi connectivity index (χ0n) is 14.0. The fourth-order valence-corrected chi connectivity index (χ4v) is 2.83. The number of fused-ring (bicyclic) bond motifs is 1. The van der Waals surface area contributed by atoms with Gasteiger partial charge in [-0.1, -0.05) is 6.07 Å². The lowest BCUT2D eigenvalue weighted by atomic mass is 10.1. The first-order valence-corrected chi connectivity index (χ1v) is 8.33. The number of carbonyl (C=O) groups is 1. The lowest BCUT2D eigenvalue weighted by molar-refractivity contribution is 0.0443. The summed E-state index contributed by atoms with van der Waals surface area (Å²) < 4.78 is 7.71. The summed E-state index contributed by atoms with van der Waals surface area (Å²) in [6, 6.07) is 14.7. The molecule has 7 nitrogen and oxygen atoms in total. The number of imidazole rings is 1. The number of nitrogens with one attached hydrogen (secondary N) is 1. The van der Waals surface area contributed by atoms with Gasteiger partial charge in [0.1, 0.15) is 17.5 Å². The van der Waals surface area contributed by atoms with Gasteiger partial charge in [-0.2, -0.15) is 5.26 Å². The van der Waals surface area contributed by atoms with Crippen molar-refractivity contribution in [3.63, 3.8) is 0 Å². The largest absolute Gasteiger partial charge is 0.487 e. The van der Waals surface area contributed by atoms with Crippen molar-refractivity contribution in [3.8, 4) is 11.8 Å². The molecule has 0 saturated carbocycles. The summed E-state index contributed by atoms with van der Waals surface area (Å²) in [4.78, 5) is 18.3. The maximum Gasteiger partial charge on any atom is 0.317 e. The first kappa shape index (κ1) is 16.0. The number of rotatable bonds is 4. The lowest BCUT2D eigenvalue weighted by Gasteiger charge is -2.38. The molecule has 4 rings (SSSR count). The van der Waals surface area contributed by atoms with E-state index in [0.29, 0.717) is 30.9 Å². The van der Waals surface area contributed by atoms with E-state index in [-0.39, 0.29) is 12.1 Å². The van der Waals surface area contributed by atoms with Gasteiger partial charge in [0.25, 0.3) is 0 Å². The Kier molecular flexibility index (Phi) is 4.15. The third kappa shape index (κ3) is 3.30. The van der Waals surface area contributed by atoms with Crippen molar-refractivity contribution in [2.24, 2.45) is 0 Å². The lowest BCUT2D eigenvalue weighted by Crippen LogP contribution is -2.58. The van der Waals surface area contributed by atoms with Crippen LogP contribution in [0.5, 0.6) is 5.75 Å². The molecule has 1 N–H and O–H groups in total. The number of hydrogen-bond acceptors (Lipinski definition) is 4. The highest BCUT2D eigenvalue weighted by molar-refractivity contribution is 5.75. The fourth-order valence-electron chi connectivity index (χ4n) is 2.83. The molecule has 2 amide bonds. The van der Waals surface area contributed by atoms with Crippen LogP contribution in [0.2, 0.25) is 0 Å². The van der Waals surface area contributed by atoms with Gasteiger partial charge in [-0.3, -0.25) is 0 Å². The van der Waals surface area contributed by atoms with E-state index in [0.717, 1.165) is 11.3 Å². The number of carbonyl (C=O) groups excluding carboxylic acids is 1. The Morgan fingerprint density at radius 2 is 2.08 bits per heavy atom. The number of amides is 2. The predicted octanol–water partition coefficient (Wildman–Crippen LogP) is 2.18. The van der Waals surface area contributed by atoms with Crippen molar-refractivity contribution in [3.05, 3.63) is 66.1 Å². The number of likely N-dealkylation sites (tertiary alicyclic amines) is 1. The van der Waals surface area contributed by atoms with Gasteiger partial charge in [0.2, 0.25) is 0 Å². The molecule has 0 bridgehead atoms. The Morgan fingerprint density at radius 3 is 2.81 bits per heavy atom. The monoisotopic (exact) mass is 347 g/mol. The normalized spacial score (nSPS) is 13.9. The van der Waals surface area contributed by atoms with Gasteiger partial charge >= 0.3 is 6.03 Å². The SMILES string of the molecule is N#Cc1ccc(OC2CN(C(=O)NCc3cn4ccccc4n3)C2)cc1. The Bertz CT molecular complexity index is 935. The van der Waals surface area contributed by atoms with Crippen molar-refractivity contribution in [2.45, 2.75) is 12.6 Å². The first-order valence-electron chi connectivity index (χ1n) is 8.33. The second kappa shape index (κ2) is 6.76. The van der Waals surface area contributed by atoms with E-state index in [1.165, 1.54) is 0 Å². The molecule has 2 aromatic heterocycles. The molecule has 1 aliphatic rings. The zero-order valence-corrected chi connectivity index (χ0v) is 14.0. The molecule has 0 atom stereocenters. The van der Waals surface area contributed by atoms with E-state index in [4.69, 9.17) is 10.00 Å². The van der Waals surface area contributed by atoms with Crippen LogP contribution in [0.4, 0.5) is 4.79 Å². The highest BCUT2D eigenvalue weighted by Crippen LogP contribution is 2.18. The number of aromatic nitrogens is 2. The van der Waals surface area contributed by atoms with Crippen molar-refractivity contribution in [2.75, 3.05) is 13.1 Å². The number of ether oxygens (including phenoxy) is 1. The third-order valence-electron chi connectivity index (χ3n) is 4.26. The first-order chi connectivity index (χ1) is 12.7. The summed E-state index contributed by atoms with van der Waals surface area (Å²) in [5.74, 6) is 0.707. The smallest absolute Gasteiger partial charge is 0.317 e. The quantitative estimate of drug-likeness (QED) is 0.784. The Hall–Kier alpha value is -3.53. The summed E-state index contributed by atoms with van der Waals surface area (Å²) in [5, 5.41) is 11.7. The highest BCUT2D eigenvalue weighted by Gasteiger charge is 2.32. The van der Waals surface area contributed by atoms with Crippen LogP contribution in [-0.2, 0) is 6.54 Å². The molecule has 0 unspecified atom stereocenters. The molecule has 0 radical (unpaired) electrons. The zero-order chi connectivity index (χ0) is 17.9. The summed E-state index contributed by atoms with van der Waals surface area (Å²) >= 11 is 0. The van der Waals surface area contributed by atoms with Gasteiger partial charge in [-0.15, -0.1) is 0 Å². The van der Waals surface area contributed by atoms with Crippen LogP contribution < -0.4 is 10.1 Å². The van der Waals surface area contributed by atoms with Gasteiger partial charge < -0.3 is 19.4 Å². The van der Waals surface area contributed by atoms with E-state index in [9.17, 15) is 4.79 Å². The standard InChI is InChI=1S/C19H17N5O2/c20-9-14-4-6-16(7-5-14)26-17-12-24(13-17)19(25)21-10-15-11-23-8-2-1-3-18(23)22-15/h1-8,11,17H,10,12-13H2,(H,21,25). The predicted molar refractivity (Wildman–Crippen MR) is 94.6 cm³/mol.